The van der Waals surface area contributed by atoms with Crippen molar-refractivity contribution >= 4 is 0 Å². The summed E-state index contributed by atoms with van der Waals surface area (Å²) in [6.45, 7) is 4.94. The summed E-state index contributed by atoms with van der Waals surface area (Å²) >= 11 is 0. The third-order valence-electron chi connectivity index (χ3n) is 3.50. The van der Waals surface area contributed by atoms with Gasteiger partial charge in [-0.2, -0.15) is 0 Å². The molecule has 2 unspecified atom stereocenters. The van der Waals surface area contributed by atoms with E-state index in [-0.39, 0.29) is 0 Å². The molecule has 1 aromatic carbocycles. The van der Waals surface area contributed by atoms with E-state index in [1.807, 2.05) is 18.2 Å². The maximum Gasteiger partial charge on any atom is 0.173 e. The van der Waals surface area contributed by atoms with Crippen molar-refractivity contribution in [3.05, 3.63) is 29.8 Å². The van der Waals surface area contributed by atoms with E-state index in [9.17, 15) is 5.11 Å². The van der Waals surface area contributed by atoms with Crippen LogP contribution in [-0.4, -0.2) is 35.4 Å². The highest BCUT2D eigenvalue weighted by Crippen LogP contribution is 2.18. The number of hydrogen-bond donors (Lipinski definition) is 2. The van der Waals surface area contributed by atoms with Crippen molar-refractivity contribution in [2.75, 3.05) is 13.1 Å². The van der Waals surface area contributed by atoms with Crippen LogP contribution in [0, 0.1) is 0 Å². The standard InChI is InChI=1S/C15H24N2O2/c1-12(18)15(16)19-14-7-5-6-13(10-14)11-17-8-3-2-4-9-17/h5-7,10,12,15,18H,2-4,8-9,11,16H2,1H3. The van der Waals surface area contributed by atoms with Crippen LogP contribution < -0.4 is 10.5 Å². The fraction of sp³-hybridized carbons (Fsp3) is 0.600. The van der Waals surface area contributed by atoms with Crippen molar-refractivity contribution in [2.45, 2.75) is 45.1 Å². The summed E-state index contributed by atoms with van der Waals surface area (Å²) in [7, 11) is 0. The van der Waals surface area contributed by atoms with E-state index in [0.29, 0.717) is 0 Å². The van der Waals surface area contributed by atoms with E-state index < -0.39 is 12.3 Å². The number of likely N-dealkylation sites (tertiary alicyclic amines) is 1. The molecule has 1 aliphatic heterocycles. The molecular formula is C15H24N2O2. The van der Waals surface area contributed by atoms with Crippen LogP contribution in [0.3, 0.4) is 0 Å². The van der Waals surface area contributed by atoms with E-state index >= 15 is 0 Å². The lowest BCUT2D eigenvalue weighted by atomic mass is 10.1. The van der Waals surface area contributed by atoms with Crippen LogP contribution in [-0.2, 0) is 6.54 Å². The van der Waals surface area contributed by atoms with Crippen molar-refractivity contribution in [3.8, 4) is 5.75 Å². The Balaban J connectivity index is 1.94. The Labute approximate surface area is 115 Å². The normalized spacial score (nSPS) is 19.9. The molecule has 0 aromatic heterocycles. The topological polar surface area (TPSA) is 58.7 Å². The Kier molecular flexibility index (Phi) is 5.19. The Bertz CT molecular complexity index is 389. The first kappa shape index (κ1) is 14.3. The maximum absolute atomic E-state index is 9.35. The molecule has 1 aliphatic rings. The quantitative estimate of drug-likeness (QED) is 0.795. The smallest absolute Gasteiger partial charge is 0.173 e. The molecule has 1 saturated heterocycles. The lowest BCUT2D eigenvalue weighted by molar-refractivity contribution is 0.0527. The van der Waals surface area contributed by atoms with Crippen LogP contribution >= 0.6 is 0 Å². The first-order valence-corrected chi connectivity index (χ1v) is 7.07. The average Bonchev–Trinajstić information content (AvgIpc) is 2.40. The molecule has 0 aliphatic carbocycles. The van der Waals surface area contributed by atoms with Gasteiger partial charge >= 0.3 is 0 Å². The summed E-state index contributed by atoms with van der Waals surface area (Å²) in [4.78, 5) is 2.47. The molecule has 2 rings (SSSR count). The summed E-state index contributed by atoms with van der Waals surface area (Å²) in [5.41, 5.74) is 6.93. The van der Waals surface area contributed by atoms with Gasteiger partial charge in [-0.15, -0.1) is 0 Å². The molecule has 4 heteroatoms. The Hall–Kier alpha value is -1.10. The van der Waals surface area contributed by atoms with Gasteiger partial charge in [0.1, 0.15) is 11.9 Å². The molecule has 4 nitrogen and oxygen atoms in total. The molecule has 0 spiro atoms. The largest absolute Gasteiger partial charge is 0.473 e. The monoisotopic (exact) mass is 264 g/mol. The number of piperidine rings is 1. The van der Waals surface area contributed by atoms with Crippen LogP contribution in [0.2, 0.25) is 0 Å². The number of nitrogens with two attached hydrogens (primary N) is 1. The summed E-state index contributed by atoms with van der Waals surface area (Å²) in [6, 6.07) is 7.97. The third kappa shape index (κ3) is 4.49. The van der Waals surface area contributed by atoms with E-state index in [2.05, 4.69) is 11.0 Å². The zero-order valence-electron chi connectivity index (χ0n) is 11.6. The van der Waals surface area contributed by atoms with Gasteiger partial charge in [-0.1, -0.05) is 18.6 Å². The van der Waals surface area contributed by atoms with Gasteiger partial charge in [0.2, 0.25) is 0 Å². The van der Waals surface area contributed by atoms with E-state index in [1.165, 1.54) is 37.9 Å². The predicted molar refractivity (Wildman–Crippen MR) is 75.9 cm³/mol. The average molecular weight is 264 g/mol. The predicted octanol–water partition coefficient (Wildman–Crippen LogP) is 1.72. The number of hydrogen-bond acceptors (Lipinski definition) is 4. The number of ether oxygens (including phenoxy) is 1. The lowest BCUT2D eigenvalue weighted by Crippen LogP contribution is -2.37. The van der Waals surface area contributed by atoms with Gasteiger partial charge in [0.25, 0.3) is 0 Å². The molecule has 0 radical (unpaired) electrons. The third-order valence-corrected chi connectivity index (χ3v) is 3.50. The second kappa shape index (κ2) is 6.89. The minimum atomic E-state index is -0.676. The molecule has 0 saturated carbocycles. The van der Waals surface area contributed by atoms with Crippen molar-refractivity contribution in [1.29, 1.82) is 0 Å². The lowest BCUT2D eigenvalue weighted by Gasteiger charge is -2.26. The first-order valence-electron chi connectivity index (χ1n) is 7.07. The van der Waals surface area contributed by atoms with Gasteiger partial charge in [0, 0.05) is 6.54 Å². The molecule has 106 valence electrons. The van der Waals surface area contributed by atoms with Crippen LogP contribution in [0.15, 0.2) is 24.3 Å². The van der Waals surface area contributed by atoms with Gasteiger partial charge in [0.15, 0.2) is 6.23 Å². The summed E-state index contributed by atoms with van der Waals surface area (Å²) in [5, 5.41) is 9.35. The molecule has 1 aromatic rings. The second-order valence-electron chi connectivity index (χ2n) is 5.31. The minimum Gasteiger partial charge on any atom is -0.473 e. The molecule has 0 amide bonds. The van der Waals surface area contributed by atoms with Crippen LogP contribution in [0.4, 0.5) is 0 Å². The highest BCUT2D eigenvalue weighted by molar-refractivity contribution is 5.28. The number of aliphatic hydroxyl groups is 1. The molecule has 3 N–H and O–H groups in total. The maximum atomic E-state index is 9.35. The summed E-state index contributed by atoms with van der Waals surface area (Å²) in [6.07, 6.45) is 2.59. The van der Waals surface area contributed by atoms with Crippen molar-refractivity contribution in [3.63, 3.8) is 0 Å². The van der Waals surface area contributed by atoms with Crippen LogP contribution in [0.25, 0.3) is 0 Å². The van der Waals surface area contributed by atoms with Crippen molar-refractivity contribution < 1.29 is 9.84 Å². The molecule has 2 atom stereocenters. The number of rotatable bonds is 5. The summed E-state index contributed by atoms with van der Waals surface area (Å²) < 4.78 is 5.51. The SMILES string of the molecule is CC(O)C(N)Oc1cccc(CN2CCCCC2)c1. The minimum absolute atomic E-state index is 0.675. The van der Waals surface area contributed by atoms with E-state index in [4.69, 9.17) is 10.5 Å². The van der Waals surface area contributed by atoms with Gasteiger partial charge in [-0.25, -0.2) is 0 Å². The molecule has 0 bridgehead atoms. The first-order chi connectivity index (χ1) is 9.15. The zero-order valence-corrected chi connectivity index (χ0v) is 11.6. The Morgan fingerprint density at radius 2 is 2.05 bits per heavy atom. The van der Waals surface area contributed by atoms with Gasteiger partial charge < -0.3 is 9.84 Å². The molecular weight excluding hydrogens is 240 g/mol. The number of benzene rings is 1. The van der Waals surface area contributed by atoms with Gasteiger partial charge in [-0.05, 0) is 50.6 Å². The van der Waals surface area contributed by atoms with Crippen LogP contribution in [0.5, 0.6) is 5.75 Å². The van der Waals surface area contributed by atoms with Gasteiger partial charge in [-0.3, -0.25) is 10.6 Å². The van der Waals surface area contributed by atoms with E-state index in [0.717, 1.165) is 12.3 Å². The highest BCUT2D eigenvalue weighted by atomic mass is 16.5. The fourth-order valence-electron chi connectivity index (χ4n) is 2.35. The fourth-order valence-corrected chi connectivity index (χ4v) is 2.35. The van der Waals surface area contributed by atoms with Crippen molar-refractivity contribution in [1.82, 2.24) is 4.90 Å². The Morgan fingerprint density at radius 1 is 1.32 bits per heavy atom. The summed E-state index contributed by atoms with van der Waals surface area (Å²) in [5.74, 6) is 0.725. The van der Waals surface area contributed by atoms with Crippen molar-refractivity contribution in [2.24, 2.45) is 5.73 Å². The highest BCUT2D eigenvalue weighted by Gasteiger charge is 2.13. The van der Waals surface area contributed by atoms with Crippen LogP contribution in [0.1, 0.15) is 31.7 Å². The number of nitrogens with zero attached hydrogens (tertiary/aromatic N) is 1. The molecule has 1 fully saturated rings. The molecule has 1 heterocycles. The van der Waals surface area contributed by atoms with E-state index in [1.54, 1.807) is 6.92 Å². The molecule has 19 heavy (non-hydrogen) atoms. The second-order valence-corrected chi connectivity index (χ2v) is 5.31. The number of aliphatic hydroxyl groups excluding tert-OH is 1. The Morgan fingerprint density at radius 3 is 2.74 bits per heavy atom. The zero-order chi connectivity index (χ0) is 13.7. The van der Waals surface area contributed by atoms with Gasteiger partial charge in [0.05, 0.1) is 0 Å².